The summed E-state index contributed by atoms with van der Waals surface area (Å²) in [5.74, 6) is 1.19. The molecule has 7 heteroatoms. The molecule has 1 saturated carbocycles. The minimum Gasteiger partial charge on any atom is -0.353 e. The molecule has 0 radical (unpaired) electrons. The lowest BCUT2D eigenvalue weighted by Crippen LogP contribution is -2.48. The summed E-state index contributed by atoms with van der Waals surface area (Å²) < 4.78 is 0.645. The van der Waals surface area contributed by atoms with Crippen molar-refractivity contribution >= 4 is 33.4 Å². The summed E-state index contributed by atoms with van der Waals surface area (Å²) in [5.41, 5.74) is 3.88. The molecule has 5 rings (SSSR count). The molecule has 2 aromatic heterocycles. The van der Waals surface area contributed by atoms with Crippen molar-refractivity contribution < 1.29 is 4.79 Å². The van der Waals surface area contributed by atoms with E-state index in [1.807, 2.05) is 5.38 Å². The molecule has 174 valence electrons. The van der Waals surface area contributed by atoms with Crippen LogP contribution in [0.25, 0.3) is 21.3 Å². The minimum absolute atomic E-state index is 0.0760. The summed E-state index contributed by atoms with van der Waals surface area (Å²) in [7, 11) is 0. The van der Waals surface area contributed by atoms with Crippen LogP contribution < -0.4 is 15.8 Å². The highest BCUT2D eigenvalue weighted by Crippen LogP contribution is 2.32. The summed E-state index contributed by atoms with van der Waals surface area (Å²) in [5, 5.41) is 5.34. The third-order valence-corrected chi connectivity index (χ3v) is 8.28. The van der Waals surface area contributed by atoms with Gasteiger partial charge in [-0.3, -0.25) is 14.6 Å². The lowest BCUT2D eigenvalue weighted by atomic mass is 9.85. The SMILES string of the molecule is Cc1ccc(-c2csc3c(=O)[nH]c(N4CCC[C@@H](C(=O)N[C@@H]5CCCC[C@@H]5C)C4)nc23)cc1. The van der Waals surface area contributed by atoms with Crippen LogP contribution in [0.3, 0.4) is 0 Å². The maximum absolute atomic E-state index is 13.1. The summed E-state index contributed by atoms with van der Waals surface area (Å²) in [6, 6.07) is 8.60. The summed E-state index contributed by atoms with van der Waals surface area (Å²) in [4.78, 5) is 35.9. The van der Waals surface area contributed by atoms with Gasteiger partial charge in [0.25, 0.3) is 5.56 Å². The van der Waals surface area contributed by atoms with Crippen LogP contribution in [-0.4, -0.2) is 35.0 Å². The summed E-state index contributed by atoms with van der Waals surface area (Å²) in [6.07, 6.45) is 6.52. The number of hydrogen-bond donors (Lipinski definition) is 2. The molecule has 33 heavy (non-hydrogen) atoms. The van der Waals surface area contributed by atoms with Crippen molar-refractivity contribution in [3.8, 4) is 11.1 Å². The number of amides is 1. The lowest BCUT2D eigenvalue weighted by molar-refractivity contribution is -0.126. The van der Waals surface area contributed by atoms with Crippen LogP contribution in [0, 0.1) is 18.8 Å². The van der Waals surface area contributed by atoms with Crippen LogP contribution in [0.1, 0.15) is 51.0 Å². The first-order valence-corrected chi connectivity index (χ1v) is 13.0. The van der Waals surface area contributed by atoms with Crippen LogP contribution in [0.4, 0.5) is 5.95 Å². The molecule has 0 unspecified atom stereocenters. The Kier molecular flexibility index (Phi) is 6.23. The van der Waals surface area contributed by atoms with E-state index in [1.54, 1.807) is 0 Å². The van der Waals surface area contributed by atoms with Crippen LogP contribution in [0.2, 0.25) is 0 Å². The monoisotopic (exact) mass is 464 g/mol. The first kappa shape index (κ1) is 22.1. The number of benzene rings is 1. The molecule has 6 nitrogen and oxygen atoms in total. The van der Waals surface area contributed by atoms with Crippen molar-refractivity contribution in [1.82, 2.24) is 15.3 Å². The largest absolute Gasteiger partial charge is 0.353 e. The van der Waals surface area contributed by atoms with Crippen molar-refractivity contribution in [2.75, 3.05) is 18.0 Å². The Morgan fingerprint density at radius 3 is 2.73 bits per heavy atom. The Hall–Kier alpha value is -2.67. The molecule has 1 amide bonds. The number of aryl methyl sites for hydroxylation is 1. The van der Waals surface area contributed by atoms with Gasteiger partial charge in [0.15, 0.2) is 0 Å². The van der Waals surface area contributed by atoms with E-state index < -0.39 is 0 Å². The van der Waals surface area contributed by atoms with E-state index >= 15 is 0 Å². The summed E-state index contributed by atoms with van der Waals surface area (Å²) >= 11 is 1.43. The predicted molar refractivity (Wildman–Crippen MR) is 135 cm³/mol. The number of aromatic nitrogens is 2. The number of rotatable bonds is 4. The number of piperidine rings is 1. The van der Waals surface area contributed by atoms with Gasteiger partial charge in [0.05, 0.1) is 11.4 Å². The van der Waals surface area contributed by atoms with E-state index in [1.165, 1.54) is 36.2 Å². The first-order valence-electron chi connectivity index (χ1n) is 12.1. The van der Waals surface area contributed by atoms with Gasteiger partial charge in [-0.2, -0.15) is 0 Å². The zero-order valence-electron chi connectivity index (χ0n) is 19.4. The number of aromatic amines is 1. The second-order valence-corrected chi connectivity index (χ2v) is 10.6. The Bertz CT molecular complexity index is 1200. The second kappa shape index (κ2) is 9.29. The molecule has 2 N–H and O–H groups in total. The van der Waals surface area contributed by atoms with Crippen LogP contribution >= 0.6 is 11.3 Å². The number of carbonyl (C=O) groups excluding carboxylic acids is 1. The topological polar surface area (TPSA) is 78.1 Å². The number of nitrogens with one attached hydrogen (secondary N) is 2. The van der Waals surface area contributed by atoms with Gasteiger partial charge in [-0.25, -0.2) is 4.98 Å². The quantitative estimate of drug-likeness (QED) is 0.577. The second-order valence-electron chi connectivity index (χ2n) is 9.74. The maximum atomic E-state index is 13.1. The third-order valence-electron chi connectivity index (χ3n) is 7.31. The lowest BCUT2D eigenvalue weighted by Gasteiger charge is -2.35. The van der Waals surface area contributed by atoms with Gasteiger partial charge < -0.3 is 10.2 Å². The van der Waals surface area contributed by atoms with Crippen molar-refractivity contribution in [3.05, 3.63) is 45.6 Å². The van der Waals surface area contributed by atoms with Crippen molar-refractivity contribution in [3.63, 3.8) is 0 Å². The average Bonchev–Trinajstić information content (AvgIpc) is 3.26. The van der Waals surface area contributed by atoms with Crippen LogP contribution in [0.15, 0.2) is 34.4 Å². The highest BCUT2D eigenvalue weighted by molar-refractivity contribution is 7.17. The van der Waals surface area contributed by atoms with Gasteiger partial charge in [0.1, 0.15) is 4.70 Å². The smallest absolute Gasteiger partial charge is 0.270 e. The van der Waals surface area contributed by atoms with E-state index in [0.717, 1.165) is 42.5 Å². The zero-order valence-corrected chi connectivity index (χ0v) is 20.2. The highest BCUT2D eigenvalue weighted by atomic mass is 32.1. The van der Waals surface area contributed by atoms with Gasteiger partial charge in [0, 0.05) is 30.1 Å². The normalized spacial score (nSPS) is 23.6. The maximum Gasteiger partial charge on any atom is 0.270 e. The number of thiophene rings is 1. The van der Waals surface area contributed by atoms with Gasteiger partial charge in [0.2, 0.25) is 11.9 Å². The molecule has 1 saturated heterocycles. The Morgan fingerprint density at radius 2 is 1.94 bits per heavy atom. The fourth-order valence-electron chi connectivity index (χ4n) is 5.22. The van der Waals surface area contributed by atoms with Gasteiger partial charge in [-0.1, -0.05) is 49.6 Å². The number of hydrogen-bond acceptors (Lipinski definition) is 5. The molecule has 2 aliphatic rings. The minimum atomic E-state index is -0.110. The molecule has 2 fully saturated rings. The molecular formula is C26H32N4O2S. The van der Waals surface area contributed by atoms with E-state index in [9.17, 15) is 9.59 Å². The predicted octanol–water partition coefficient (Wildman–Crippen LogP) is 4.87. The van der Waals surface area contributed by atoms with Crippen LogP contribution in [0.5, 0.6) is 0 Å². The Balaban J connectivity index is 1.38. The van der Waals surface area contributed by atoms with Crippen molar-refractivity contribution in [1.29, 1.82) is 0 Å². The van der Waals surface area contributed by atoms with Gasteiger partial charge in [-0.05, 0) is 44.1 Å². The van der Waals surface area contributed by atoms with Gasteiger partial charge in [-0.15, -0.1) is 11.3 Å². The Labute approximate surface area is 198 Å². The Morgan fingerprint density at radius 1 is 1.15 bits per heavy atom. The number of anilines is 1. The third kappa shape index (κ3) is 4.56. The van der Waals surface area contributed by atoms with E-state index in [2.05, 4.69) is 53.3 Å². The van der Waals surface area contributed by atoms with E-state index in [-0.39, 0.29) is 17.4 Å². The molecular weight excluding hydrogens is 432 g/mol. The molecule has 3 aromatic rings. The number of nitrogens with zero attached hydrogens (tertiary/aromatic N) is 2. The standard InChI is InChI=1S/C26H32N4O2S/c1-16-9-11-18(12-10-16)20-15-33-23-22(20)28-26(29-25(23)32)30-13-5-7-19(14-30)24(31)27-21-8-4-3-6-17(21)2/h9-12,15,17,19,21H,3-8,13-14H2,1-2H3,(H,27,31)(H,28,29,32)/t17-,19+,21+/m0/s1. The van der Waals surface area contributed by atoms with Crippen LogP contribution in [-0.2, 0) is 4.79 Å². The molecule has 0 bridgehead atoms. The van der Waals surface area contributed by atoms with E-state index in [0.29, 0.717) is 29.2 Å². The molecule has 3 atom stereocenters. The first-order chi connectivity index (χ1) is 16.0. The van der Waals surface area contributed by atoms with Gasteiger partial charge >= 0.3 is 0 Å². The molecule has 1 aromatic carbocycles. The zero-order chi connectivity index (χ0) is 22.9. The van der Waals surface area contributed by atoms with E-state index in [4.69, 9.17) is 4.98 Å². The number of fused-ring (bicyclic) bond motifs is 1. The fourth-order valence-corrected chi connectivity index (χ4v) is 6.13. The number of carbonyl (C=O) groups is 1. The summed E-state index contributed by atoms with van der Waals surface area (Å²) in [6.45, 7) is 5.69. The fraction of sp³-hybridized carbons (Fsp3) is 0.500. The number of H-pyrrole nitrogens is 1. The van der Waals surface area contributed by atoms with Crippen molar-refractivity contribution in [2.24, 2.45) is 11.8 Å². The average molecular weight is 465 g/mol. The molecule has 1 aliphatic heterocycles. The highest BCUT2D eigenvalue weighted by Gasteiger charge is 2.30. The molecule has 1 aliphatic carbocycles. The molecule has 0 spiro atoms. The molecule has 3 heterocycles. The van der Waals surface area contributed by atoms with Crippen molar-refractivity contribution in [2.45, 2.75) is 58.4 Å².